The minimum Gasteiger partial charge on any atom is -0.316 e. The van der Waals surface area contributed by atoms with E-state index in [1.165, 1.54) is 5.56 Å². The van der Waals surface area contributed by atoms with Crippen LogP contribution in [-0.4, -0.2) is 15.3 Å². The third-order valence-corrected chi connectivity index (χ3v) is 3.11. The van der Waals surface area contributed by atoms with Gasteiger partial charge >= 0.3 is 0 Å². The minimum atomic E-state index is 0.574. The molecule has 88 valence electrons. The maximum atomic E-state index is 5.41. The van der Waals surface area contributed by atoms with E-state index in [0.29, 0.717) is 6.54 Å². The van der Waals surface area contributed by atoms with Crippen LogP contribution in [0.2, 0.25) is 0 Å². The maximum Gasteiger partial charge on any atom is 0.111 e. The Bertz CT molecular complexity index is 563. The number of fused-ring (bicyclic) bond motifs is 1. The van der Waals surface area contributed by atoms with Gasteiger partial charge < -0.3 is 4.57 Å². The van der Waals surface area contributed by atoms with Crippen molar-refractivity contribution in [3.8, 4) is 12.3 Å². The lowest BCUT2D eigenvalue weighted by Gasteiger charge is -2.03. The van der Waals surface area contributed by atoms with Crippen molar-refractivity contribution in [3.05, 3.63) is 29.6 Å². The molecule has 3 heteroatoms. The zero-order valence-electron chi connectivity index (χ0n) is 9.98. The summed E-state index contributed by atoms with van der Waals surface area (Å²) in [7, 11) is 0. The molecule has 0 atom stereocenters. The normalized spacial score (nSPS) is 10.6. The van der Waals surface area contributed by atoms with Crippen molar-refractivity contribution in [1.29, 1.82) is 0 Å². The molecule has 0 aliphatic carbocycles. The smallest absolute Gasteiger partial charge is 0.111 e. The molecule has 2 aromatic rings. The van der Waals surface area contributed by atoms with Crippen LogP contribution in [0.15, 0.2) is 18.2 Å². The van der Waals surface area contributed by atoms with Crippen LogP contribution < -0.4 is 0 Å². The fraction of sp³-hybridized carbons (Fsp3) is 0.357. The van der Waals surface area contributed by atoms with E-state index in [-0.39, 0.29) is 0 Å². The van der Waals surface area contributed by atoms with Crippen LogP contribution in [0.3, 0.4) is 0 Å². The summed E-state index contributed by atoms with van der Waals surface area (Å²) in [6.45, 7) is 2.72. The van der Waals surface area contributed by atoms with Crippen LogP contribution in [0.4, 0.5) is 0 Å². The van der Waals surface area contributed by atoms with Crippen LogP contribution in [0.25, 0.3) is 11.0 Å². The summed E-state index contributed by atoms with van der Waals surface area (Å²) >= 11 is 4.26. The highest BCUT2D eigenvalue weighted by molar-refractivity contribution is 7.80. The Hall–Kier alpha value is -1.40. The van der Waals surface area contributed by atoms with Crippen LogP contribution in [0.5, 0.6) is 0 Å². The lowest BCUT2D eigenvalue weighted by molar-refractivity contribution is 0.786. The number of imidazole rings is 1. The number of thiol groups is 1. The number of benzene rings is 1. The number of hydrogen-bond acceptors (Lipinski definition) is 2. The van der Waals surface area contributed by atoms with Gasteiger partial charge in [-0.1, -0.05) is 18.9 Å². The Morgan fingerprint density at radius 1 is 1.47 bits per heavy atom. The summed E-state index contributed by atoms with van der Waals surface area (Å²) in [6.07, 6.45) is 7.29. The van der Waals surface area contributed by atoms with Gasteiger partial charge in [-0.05, 0) is 29.9 Å². The molecule has 0 fully saturated rings. The van der Waals surface area contributed by atoms with Crippen molar-refractivity contribution in [2.24, 2.45) is 0 Å². The Morgan fingerprint density at radius 3 is 2.94 bits per heavy atom. The third kappa shape index (κ3) is 2.32. The van der Waals surface area contributed by atoms with Crippen LogP contribution >= 0.6 is 12.6 Å². The van der Waals surface area contributed by atoms with Crippen molar-refractivity contribution in [2.75, 3.05) is 5.75 Å². The van der Waals surface area contributed by atoms with Gasteiger partial charge in [-0.15, -0.1) is 6.42 Å². The lowest BCUT2D eigenvalue weighted by atomic mass is 10.1. The molecule has 0 amide bonds. The summed E-state index contributed by atoms with van der Waals surface area (Å²) in [5, 5.41) is 0. The first-order chi connectivity index (χ1) is 8.30. The average molecular weight is 244 g/mol. The summed E-state index contributed by atoms with van der Waals surface area (Å²) < 4.78 is 2.10. The van der Waals surface area contributed by atoms with E-state index in [1.807, 2.05) is 0 Å². The van der Waals surface area contributed by atoms with E-state index in [1.54, 1.807) is 0 Å². The molecule has 0 unspecified atom stereocenters. The Morgan fingerprint density at radius 2 is 2.29 bits per heavy atom. The molecule has 0 spiro atoms. The van der Waals surface area contributed by atoms with E-state index >= 15 is 0 Å². The summed E-state index contributed by atoms with van der Waals surface area (Å²) in [6, 6.07) is 6.40. The number of terminal acetylenes is 1. The molecule has 1 aromatic carbocycles. The lowest BCUT2D eigenvalue weighted by Crippen LogP contribution is -2.03. The second kappa shape index (κ2) is 5.29. The number of hydrogen-bond donors (Lipinski definition) is 1. The van der Waals surface area contributed by atoms with Gasteiger partial charge in [0.25, 0.3) is 0 Å². The summed E-state index contributed by atoms with van der Waals surface area (Å²) in [5.74, 6) is 4.50. The molecule has 2 rings (SSSR count). The van der Waals surface area contributed by atoms with Gasteiger partial charge in [0, 0.05) is 6.42 Å². The SMILES string of the molecule is C#CCn1c(CCS)nc2cc(CC)ccc21. The van der Waals surface area contributed by atoms with Crippen molar-refractivity contribution in [3.63, 3.8) is 0 Å². The monoisotopic (exact) mass is 244 g/mol. The first-order valence-corrected chi connectivity index (χ1v) is 6.45. The largest absolute Gasteiger partial charge is 0.316 e. The molecule has 0 aliphatic heterocycles. The van der Waals surface area contributed by atoms with Gasteiger partial charge in [0.2, 0.25) is 0 Å². The Balaban J connectivity index is 2.57. The fourth-order valence-corrected chi connectivity index (χ4v) is 2.20. The van der Waals surface area contributed by atoms with Gasteiger partial charge in [0.1, 0.15) is 5.82 Å². The number of nitrogens with zero attached hydrogens (tertiary/aromatic N) is 2. The molecule has 0 N–H and O–H groups in total. The van der Waals surface area contributed by atoms with Gasteiger partial charge in [0.15, 0.2) is 0 Å². The molecule has 1 heterocycles. The van der Waals surface area contributed by atoms with Crippen molar-refractivity contribution in [2.45, 2.75) is 26.3 Å². The van der Waals surface area contributed by atoms with Gasteiger partial charge in [-0.2, -0.15) is 12.6 Å². The van der Waals surface area contributed by atoms with Crippen LogP contribution in [0, 0.1) is 12.3 Å². The molecule has 0 bridgehead atoms. The second-order valence-corrected chi connectivity index (χ2v) is 4.42. The molecular weight excluding hydrogens is 228 g/mol. The average Bonchev–Trinajstić information content (AvgIpc) is 2.68. The van der Waals surface area contributed by atoms with E-state index in [0.717, 1.165) is 35.5 Å². The number of rotatable bonds is 4. The minimum absolute atomic E-state index is 0.574. The van der Waals surface area contributed by atoms with Crippen LogP contribution in [0.1, 0.15) is 18.3 Å². The first-order valence-electron chi connectivity index (χ1n) is 5.82. The summed E-state index contributed by atoms with van der Waals surface area (Å²) in [4.78, 5) is 4.65. The molecular formula is C14H16N2S. The standard InChI is InChI=1S/C14H16N2S/c1-3-8-16-13-6-5-11(4-2)10-12(13)15-14(16)7-9-17/h1,5-6,10,17H,4,7-9H2,2H3. The van der Waals surface area contributed by atoms with Crippen LogP contribution in [-0.2, 0) is 19.4 Å². The van der Waals surface area contributed by atoms with E-state index < -0.39 is 0 Å². The second-order valence-electron chi connectivity index (χ2n) is 3.97. The fourth-order valence-electron chi connectivity index (χ4n) is 2.00. The highest BCUT2D eigenvalue weighted by atomic mass is 32.1. The topological polar surface area (TPSA) is 17.8 Å². The highest BCUT2D eigenvalue weighted by Gasteiger charge is 2.09. The van der Waals surface area contributed by atoms with Crippen molar-refractivity contribution in [1.82, 2.24) is 9.55 Å². The van der Waals surface area contributed by atoms with E-state index in [9.17, 15) is 0 Å². The molecule has 1 aromatic heterocycles. The predicted molar refractivity (Wildman–Crippen MR) is 75.5 cm³/mol. The molecule has 0 saturated carbocycles. The molecule has 0 aliphatic rings. The molecule has 0 saturated heterocycles. The van der Waals surface area contributed by atoms with Crippen molar-refractivity contribution >= 4 is 23.7 Å². The zero-order chi connectivity index (χ0) is 12.3. The highest BCUT2D eigenvalue weighted by Crippen LogP contribution is 2.19. The Labute approximate surface area is 107 Å². The van der Waals surface area contributed by atoms with Crippen molar-refractivity contribution < 1.29 is 0 Å². The first kappa shape index (κ1) is 12.1. The van der Waals surface area contributed by atoms with Gasteiger partial charge in [-0.3, -0.25) is 0 Å². The quantitative estimate of drug-likeness (QED) is 0.647. The molecule has 17 heavy (non-hydrogen) atoms. The van der Waals surface area contributed by atoms with E-state index in [2.05, 4.69) is 53.2 Å². The van der Waals surface area contributed by atoms with Gasteiger partial charge in [-0.25, -0.2) is 4.98 Å². The number of aromatic nitrogens is 2. The van der Waals surface area contributed by atoms with E-state index in [4.69, 9.17) is 6.42 Å². The predicted octanol–water partition coefficient (Wildman–Crippen LogP) is 2.70. The molecule has 2 nitrogen and oxygen atoms in total. The molecule has 0 radical (unpaired) electrons. The maximum absolute atomic E-state index is 5.41. The number of aryl methyl sites for hydroxylation is 2. The third-order valence-electron chi connectivity index (χ3n) is 2.88. The Kier molecular flexibility index (Phi) is 3.75. The van der Waals surface area contributed by atoms with Gasteiger partial charge in [0.05, 0.1) is 17.6 Å². The zero-order valence-corrected chi connectivity index (χ0v) is 10.9. The summed E-state index contributed by atoms with van der Waals surface area (Å²) in [5.41, 5.74) is 3.47.